The third-order valence-corrected chi connectivity index (χ3v) is 5.94. The Labute approximate surface area is 174 Å². The number of nitrogens with one attached hydrogen (secondary N) is 1. The standard InChI is InChI=1S/C25H32N2O2/c1-19(2)16-23(28)27-14-12-25(13-15-27,24(29)26-3)18-20-8-7-11-22(17-20)21-9-5-4-6-10-21/h4-11,17,19H,12-16,18H2,1-3H3,(H,26,29). The Hall–Kier alpha value is -2.62. The molecule has 2 amide bonds. The van der Waals surface area contributed by atoms with Crippen LogP contribution in [0.25, 0.3) is 11.1 Å². The van der Waals surface area contributed by atoms with Crippen LogP contribution in [-0.4, -0.2) is 36.9 Å². The molecule has 1 heterocycles. The highest BCUT2D eigenvalue weighted by atomic mass is 16.2. The van der Waals surface area contributed by atoms with Crippen LogP contribution in [0.15, 0.2) is 54.6 Å². The van der Waals surface area contributed by atoms with Crippen molar-refractivity contribution in [2.24, 2.45) is 11.3 Å². The van der Waals surface area contributed by atoms with Gasteiger partial charge in [0.25, 0.3) is 0 Å². The Morgan fingerprint density at radius 3 is 2.28 bits per heavy atom. The Morgan fingerprint density at radius 1 is 1.00 bits per heavy atom. The van der Waals surface area contributed by atoms with Crippen molar-refractivity contribution in [3.8, 4) is 11.1 Å². The molecule has 0 atom stereocenters. The van der Waals surface area contributed by atoms with E-state index in [9.17, 15) is 9.59 Å². The molecule has 3 rings (SSSR count). The first-order valence-corrected chi connectivity index (χ1v) is 10.6. The molecule has 0 aromatic heterocycles. The number of carbonyl (C=O) groups is 2. The lowest BCUT2D eigenvalue weighted by Crippen LogP contribution is -2.50. The summed E-state index contributed by atoms with van der Waals surface area (Å²) in [5.41, 5.74) is 3.05. The van der Waals surface area contributed by atoms with Crippen molar-refractivity contribution in [2.45, 2.75) is 39.5 Å². The molecule has 0 aliphatic carbocycles. The maximum absolute atomic E-state index is 12.9. The zero-order valence-electron chi connectivity index (χ0n) is 17.8. The smallest absolute Gasteiger partial charge is 0.226 e. The minimum absolute atomic E-state index is 0.0820. The Balaban J connectivity index is 1.77. The maximum Gasteiger partial charge on any atom is 0.226 e. The van der Waals surface area contributed by atoms with E-state index in [1.165, 1.54) is 11.1 Å². The highest BCUT2D eigenvalue weighted by Gasteiger charge is 2.41. The van der Waals surface area contributed by atoms with E-state index in [-0.39, 0.29) is 11.8 Å². The Bertz CT molecular complexity index is 837. The van der Waals surface area contributed by atoms with Crippen molar-refractivity contribution in [1.29, 1.82) is 0 Å². The highest BCUT2D eigenvalue weighted by Crippen LogP contribution is 2.36. The second-order valence-electron chi connectivity index (χ2n) is 8.58. The van der Waals surface area contributed by atoms with E-state index in [1.807, 2.05) is 23.1 Å². The Morgan fingerprint density at radius 2 is 1.66 bits per heavy atom. The molecule has 1 N–H and O–H groups in total. The molecular formula is C25H32N2O2. The number of likely N-dealkylation sites (tertiary alicyclic amines) is 1. The van der Waals surface area contributed by atoms with Gasteiger partial charge in [0.2, 0.25) is 11.8 Å². The van der Waals surface area contributed by atoms with Gasteiger partial charge in [0.1, 0.15) is 0 Å². The number of hydrogen-bond donors (Lipinski definition) is 1. The minimum Gasteiger partial charge on any atom is -0.359 e. The molecule has 2 aromatic carbocycles. The molecule has 1 aliphatic heterocycles. The van der Waals surface area contributed by atoms with E-state index < -0.39 is 5.41 Å². The van der Waals surface area contributed by atoms with Gasteiger partial charge in [-0.3, -0.25) is 9.59 Å². The fourth-order valence-electron chi connectivity index (χ4n) is 4.29. The number of nitrogens with zero attached hydrogens (tertiary/aromatic N) is 1. The van der Waals surface area contributed by atoms with Gasteiger partial charge in [0, 0.05) is 26.6 Å². The summed E-state index contributed by atoms with van der Waals surface area (Å²) in [6.45, 7) is 5.43. The monoisotopic (exact) mass is 392 g/mol. The molecule has 29 heavy (non-hydrogen) atoms. The summed E-state index contributed by atoms with van der Waals surface area (Å²) in [6, 6.07) is 18.8. The molecule has 0 bridgehead atoms. The molecule has 1 aliphatic rings. The van der Waals surface area contributed by atoms with E-state index in [1.54, 1.807) is 7.05 Å². The van der Waals surface area contributed by atoms with Crippen LogP contribution in [0.2, 0.25) is 0 Å². The van der Waals surface area contributed by atoms with E-state index in [2.05, 4.69) is 55.6 Å². The first-order valence-electron chi connectivity index (χ1n) is 10.6. The van der Waals surface area contributed by atoms with E-state index >= 15 is 0 Å². The Kier molecular flexibility index (Phi) is 6.73. The molecule has 0 saturated carbocycles. The number of piperidine rings is 1. The van der Waals surface area contributed by atoms with Crippen LogP contribution < -0.4 is 5.32 Å². The van der Waals surface area contributed by atoms with Gasteiger partial charge in [0.05, 0.1) is 5.41 Å². The summed E-state index contributed by atoms with van der Waals surface area (Å²) in [5, 5.41) is 2.88. The fourth-order valence-corrected chi connectivity index (χ4v) is 4.29. The summed E-state index contributed by atoms with van der Waals surface area (Å²) in [6.07, 6.45) is 2.67. The topological polar surface area (TPSA) is 49.4 Å². The van der Waals surface area contributed by atoms with E-state index in [0.29, 0.717) is 44.7 Å². The van der Waals surface area contributed by atoms with Gasteiger partial charge in [-0.05, 0) is 41.9 Å². The van der Waals surface area contributed by atoms with Crippen LogP contribution in [0.5, 0.6) is 0 Å². The lowest BCUT2D eigenvalue weighted by Gasteiger charge is -2.41. The van der Waals surface area contributed by atoms with Gasteiger partial charge < -0.3 is 10.2 Å². The van der Waals surface area contributed by atoms with Crippen molar-refractivity contribution < 1.29 is 9.59 Å². The third kappa shape index (κ3) is 5.06. The van der Waals surface area contributed by atoms with Crippen LogP contribution in [-0.2, 0) is 16.0 Å². The lowest BCUT2D eigenvalue weighted by molar-refractivity contribution is -0.140. The van der Waals surface area contributed by atoms with Crippen molar-refractivity contribution in [1.82, 2.24) is 10.2 Å². The largest absolute Gasteiger partial charge is 0.359 e. The van der Waals surface area contributed by atoms with Crippen LogP contribution in [0.3, 0.4) is 0 Å². The molecule has 154 valence electrons. The number of hydrogen-bond acceptors (Lipinski definition) is 2. The van der Waals surface area contributed by atoms with Gasteiger partial charge in [-0.1, -0.05) is 68.4 Å². The zero-order valence-corrected chi connectivity index (χ0v) is 17.8. The summed E-state index contributed by atoms with van der Waals surface area (Å²) < 4.78 is 0. The molecule has 0 radical (unpaired) electrons. The van der Waals surface area contributed by atoms with E-state index in [4.69, 9.17) is 0 Å². The highest BCUT2D eigenvalue weighted by molar-refractivity contribution is 5.83. The summed E-state index contributed by atoms with van der Waals surface area (Å²) in [4.78, 5) is 27.3. The minimum atomic E-state index is -0.460. The molecule has 0 spiro atoms. The second-order valence-corrected chi connectivity index (χ2v) is 8.58. The molecular weight excluding hydrogens is 360 g/mol. The van der Waals surface area contributed by atoms with Crippen molar-refractivity contribution in [3.63, 3.8) is 0 Å². The summed E-state index contributed by atoms with van der Waals surface area (Å²) >= 11 is 0. The number of amides is 2. The fraction of sp³-hybridized carbons (Fsp3) is 0.440. The molecule has 2 aromatic rings. The van der Waals surface area contributed by atoms with Gasteiger partial charge in [-0.25, -0.2) is 0 Å². The average molecular weight is 393 g/mol. The van der Waals surface area contributed by atoms with Gasteiger partial charge >= 0.3 is 0 Å². The van der Waals surface area contributed by atoms with Crippen molar-refractivity contribution >= 4 is 11.8 Å². The van der Waals surface area contributed by atoms with Crippen molar-refractivity contribution in [2.75, 3.05) is 20.1 Å². The zero-order chi connectivity index (χ0) is 20.9. The van der Waals surface area contributed by atoms with Crippen molar-refractivity contribution in [3.05, 3.63) is 60.2 Å². The van der Waals surface area contributed by atoms with E-state index in [0.717, 1.165) is 5.56 Å². The maximum atomic E-state index is 12.9. The summed E-state index contributed by atoms with van der Waals surface area (Å²) in [5.74, 6) is 0.643. The molecule has 1 saturated heterocycles. The normalized spacial score (nSPS) is 15.9. The van der Waals surface area contributed by atoms with Crippen LogP contribution in [0, 0.1) is 11.3 Å². The molecule has 0 unspecified atom stereocenters. The van der Waals surface area contributed by atoms with Gasteiger partial charge in [-0.2, -0.15) is 0 Å². The molecule has 1 fully saturated rings. The predicted octanol–water partition coefficient (Wildman–Crippen LogP) is 4.30. The average Bonchev–Trinajstić information content (AvgIpc) is 2.74. The quantitative estimate of drug-likeness (QED) is 0.797. The summed E-state index contributed by atoms with van der Waals surface area (Å²) in [7, 11) is 1.71. The number of carbonyl (C=O) groups excluding carboxylic acids is 2. The molecule has 4 nitrogen and oxygen atoms in total. The molecule has 4 heteroatoms. The van der Waals surface area contributed by atoms with Gasteiger partial charge in [-0.15, -0.1) is 0 Å². The number of rotatable bonds is 6. The van der Waals surface area contributed by atoms with Crippen LogP contribution >= 0.6 is 0 Å². The van der Waals surface area contributed by atoms with Crippen LogP contribution in [0.4, 0.5) is 0 Å². The second kappa shape index (κ2) is 9.25. The lowest BCUT2D eigenvalue weighted by atomic mass is 9.72. The SMILES string of the molecule is CNC(=O)C1(Cc2cccc(-c3ccccc3)c2)CCN(C(=O)CC(C)C)CC1. The predicted molar refractivity (Wildman–Crippen MR) is 117 cm³/mol. The van der Waals surface area contributed by atoms with Gasteiger partial charge in [0.15, 0.2) is 0 Å². The van der Waals surface area contributed by atoms with Crippen LogP contribution in [0.1, 0.15) is 38.7 Å². The third-order valence-electron chi connectivity index (χ3n) is 5.94. The first-order chi connectivity index (χ1) is 13.9. The first kappa shape index (κ1) is 21.1. The number of benzene rings is 2.